The number of carbonyl (C=O) groups is 2. The quantitative estimate of drug-likeness (QED) is 0.306. The van der Waals surface area contributed by atoms with E-state index in [0.29, 0.717) is 16.0 Å². The van der Waals surface area contributed by atoms with Gasteiger partial charge in [-0.2, -0.15) is 0 Å². The van der Waals surface area contributed by atoms with Gasteiger partial charge < -0.3 is 14.6 Å². The molecule has 0 bridgehead atoms. The van der Waals surface area contributed by atoms with E-state index in [1.807, 2.05) is 18.2 Å². The number of imide groups is 1. The Morgan fingerprint density at radius 1 is 1.34 bits per heavy atom. The molecular formula is C23H34ClN3O3SSi. The molecule has 3 rings (SSSR count). The summed E-state index contributed by atoms with van der Waals surface area (Å²) in [7, 11) is -1.73. The lowest BCUT2D eigenvalue weighted by molar-refractivity contribution is -0.115. The predicted octanol–water partition coefficient (Wildman–Crippen LogP) is 5.24. The van der Waals surface area contributed by atoms with E-state index in [9.17, 15) is 9.59 Å². The fourth-order valence-electron chi connectivity index (χ4n) is 3.68. The Kier molecular flexibility index (Phi) is 8.14. The van der Waals surface area contributed by atoms with Gasteiger partial charge in [-0.15, -0.1) is 0 Å². The van der Waals surface area contributed by atoms with Crippen LogP contribution in [0.4, 0.5) is 10.5 Å². The number of para-hydroxylation sites is 1. The van der Waals surface area contributed by atoms with Crippen LogP contribution < -0.4 is 15.5 Å². The molecule has 1 aromatic rings. The van der Waals surface area contributed by atoms with Gasteiger partial charge in [-0.3, -0.25) is 14.9 Å². The lowest BCUT2D eigenvalue weighted by atomic mass is 10.0. The number of piperidine rings is 1. The molecule has 6 nitrogen and oxygen atoms in total. The summed E-state index contributed by atoms with van der Waals surface area (Å²) in [4.78, 5) is 26.2. The molecule has 2 aliphatic heterocycles. The van der Waals surface area contributed by atoms with E-state index in [4.69, 9.17) is 16.0 Å². The standard InChI is InChI=1S/C23H34ClN3O3SSi/c1-23(2,3)32(4,5)30-13-11-25-17-9-7-12-27(15-17)20-16(8-6-10-18(20)24)14-19-21(28)26-22(29)31-19/h6,8,10,14,17,25H,7,9,11-13,15H2,1-5H3,(H,26,28,29). The van der Waals surface area contributed by atoms with Crippen LogP contribution in [0, 0.1) is 0 Å². The first-order valence-electron chi connectivity index (χ1n) is 11.1. The predicted molar refractivity (Wildman–Crippen MR) is 137 cm³/mol. The minimum Gasteiger partial charge on any atom is -0.416 e. The first-order valence-corrected chi connectivity index (χ1v) is 15.2. The normalized spacial score (nSPS) is 21.4. The molecular weight excluding hydrogens is 462 g/mol. The highest BCUT2D eigenvalue weighted by atomic mass is 35.5. The van der Waals surface area contributed by atoms with Crippen molar-refractivity contribution in [3.8, 4) is 0 Å². The maximum atomic E-state index is 12.0. The van der Waals surface area contributed by atoms with Crippen molar-refractivity contribution in [2.24, 2.45) is 0 Å². The van der Waals surface area contributed by atoms with E-state index < -0.39 is 8.32 Å². The number of hydrogen-bond acceptors (Lipinski definition) is 6. The molecule has 0 aliphatic carbocycles. The van der Waals surface area contributed by atoms with Gasteiger partial charge in [0.1, 0.15) is 0 Å². The number of thioether (sulfide) groups is 1. The zero-order valence-corrected chi connectivity index (χ0v) is 22.2. The van der Waals surface area contributed by atoms with Gasteiger partial charge in [-0.25, -0.2) is 0 Å². The van der Waals surface area contributed by atoms with Crippen LogP contribution in [0.5, 0.6) is 0 Å². The van der Waals surface area contributed by atoms with Crippen molar-refractivity contribution in [2.45, 2.75) is 57.8 Å². The Labute approximate surface area is 201 Å². The molecule has 2 saturated heterocycles. The topological polar surface area (TPSA) is 70.7 Å². The van der Waals surface area contributed by atoms with Gasteiger partial charge in [0.15, 0.2) is 8.32 Å². The summed E-state index contributed by atoms with van der Waals surface area (Å²) < 4.78 is 6.29. The molecule has 2 heterocycles. The number of nitrogens with zero attached hydrogens (tertiary/aromatic N) is 1. The van der Waals surface area contributed by atoms with Gasteiger partial charge in [0, 0.05) is 37.8 Å². The fourth-order valence-corrected chi connectivity index (χ4v) is 5.70. The molecule has 0 saturated carbocycles. The average Bonchev–Trinajstić information content (AvgIpc) is 3.01. The van der Waals surface area contributed by atoms with E-state index in [2.05, 4.69) is 49.4 Å². The van der Waals surface area contributed by atoms with E-state index in [-0.39, 0.29) is 16.2 Å². The van der Waals surface area contributed by atoms with E-state index >= 15 is 0 Å². The van der Waals surface area contributed by atoms with Crippen LogP contribution in [-0.2, 0) is 9.22 Å². The minimum absolute atomic E-state index is 0.211. The van der Waals surface area contributed by atoms with E-state index in [1.165, 1.54) is 0 Å². The van der Waals surface area contributed by atoms with Crippen molar-refractivity contribution in [3.63, 3.8) is 0 Å². The van der Waals surface area contributed by atoms with Gasteiger partial charge in [0.25, 0.3) is 11.1 Å². The number of anilines is 1. The Balaban J connectivity index is 1.65. The number of nitrogens with one attached hydrogen (secondary N) is 2. The zero-order chi connectivity index (χ0) is 23.5. The molecule has 1 unspecified atom stereocenters. The SMILES string of the molecule is CC(C)(C)[Si](C)(C)OCCNC1CCCN(c2c(Cl)cccc2C=C2SC(=O)NC2=O)C1. The van der Waals surface area contributed by atoms with Crippen LogP contribution in [0.2, 0.25) is 23.2 Å². The summed E-state index contributed by atoms with van der Waals surface area (Å²) in [5.41, 5.74) is 1.77. The van der Waals surface area contributed by atoms with Crippen LogP contribution in [0.3, 0.4) is 0 Å². The van der Waals surface area contributed by atoms with Crippen molar-refractivity contribution >= 4 is 54.6 Å². The highest BCUT2D eigenvalue weighted by molar-refractivity contribution is 8.18. The molecule has 1 atom stereocenters. The number of hydrogen-bond donors (Lipinski definition) is 2. The third-order valence-electron chi connectivity index (χ3n) is 6.49. The van der Waals surface area contributed by atoms with Crippen LogP contribution in [0.1, 0.15) is 39.2 Å². The lowest BCUT2D eigenvalue weighted by Crippen LogP contribution is -2.48. The minimum atomic E-state index is -1.73. The van der Waals surface area contributed by atoms with E-state index in [1.54, 1.807) is 6.08 Å². The molecule has 2 amide bonds. The number of halogens is 1. The summed E-state index contributed by atoms with van der Waals surface area (Å²) >= 11 is 7.52. The maximum Gasteiger partial charge on any atom is 0.290 e. The second-order valence-electron chi connectivity index (χ2n) is 9.88. The number of benzene rings is 1. The molecule has 2 fully saturated rings. The Bertz CT molecular complexity index is 901. The summed E-state index contributed by atoms with van der Waals surface area (Å²) in [6.45, 7) is 14.6. The molecule has 0 radical (unpaired) electrons. The maximum absolute atomic E-state index is 12.0. The molecule has 176 valence electrons. The highest BCUT2D eigenvalue weighted by Crippen LogP contribution is 2.37. The van der Waals surface area contributed by atoms with Crippen molar-refractivity contribution in [2.75, 3.05) is 31.1 Å². The smallest absolute Gasteiger partial charge is 0.290 e. The Hall–Kier alpha value is -1.32. The summed E-state index contributed by atoms with van der Waals surface area (Å²) in [5.74, 6) is -0.356. The van der Waals surface area contributed by atoms with Crippen LogP contribution in [-0.4, -0.2) is 51.7 Å². The van der Waals surface area contributed by atoms with Crippen molar-refractivity contribution in [3.05, 3.63) is 33.7 Å². The third kappa shape index (κ3) is 6.17. The van der Waals surface area contributed by atoms with Crippen molar-refractivity contribution in [1.82, 2.24) is 10.6 Å². The molecule has 0 spiro atoms. The molecule has 9 heteroatoms. The Morgan fingerprint density at radius 2 is 2.09 bits per heavy atom. The lowest BCUT2D eigenvalue weighted by Gasteiger charge is -2.38. The van der Waals surface area contributed by atoms with Gasteiger partial charge >= 0.3 is 0 Å². The molecule has 32 heavy (non-hydrogen) atoms. The molecule has 0 aromatic heterocycles. The third-order valence-corrected chi connectivity index (χ3v) is 12.1. The monoisotopic (exact) mass is 495 g/mol. The fraction of sp³-hybridized carbons (Fsp3) is 0.565. The van der Waals surface area contributed by atoms with Gasteiger partial charge in [0.2, 0.25) is 0 Å². The first-order chi connectivity index (χ1) is 15.0. The number of rotatable bonds is 7. The highest BCUT2D eigenvalue weighted by Gasteiger charge is 2.37. The summed E-state index contributed by atoms with van der Waals surface area (Å²) in [6.07, 6.45) is 3.91. The van der Waals surface area contributed by atoms with E-state index in [0.717, 1.165) is 62.1 Å². The zero-order valence-electron chi connectivity index (χ0n) is 19.6. The Morgan fingerprint density at radius 3 is 2.75 bits per heavy atom. The molecule has 2 aliphatic rings. The van der Waals surface area contributed by atoms with Crippen molar-refractivity contribution < 1.29 is 14.0 Å². The van der Waals surface area contributed by atoms with Gasteiger partial charge in [-0.1, -0.05) is 44.5 Å². The second-order valence-corrected chi connectivity index (χ2v) is 16.1. The first kappa shape index (κ1) is 25.3. The number of carbonyl (C=O) groups excluding carboxylic acids is 2. The van der Waals surface area contributed by atoms with Crippen LogP contribution in [0.15, 0.2) is 23.1 Å². The largest absolute Gasteiger partial charge is 0.416 e. The molecule has 2 N–H and O–H groups in total. The second kappa shape index (κ2) is 10.3. The number of amides is 2. The van der Waals surface area contributed by atoms with Crippen molar-refractivity contribution in [1.29, 1.82) is 0 Å². The summed E-state index contributed by atoms with van der Waals surface area (Å²) in [5, 5.41) is 6.48. The van der Waals surface area contributed by atoms with Gasteiger partial charge in [-0.05, 0) is 54.9 Å². The van der Waals surface area contributed by atoms with Crippen LogP contribution >= 0.6 is 23.4 Å². The van der Waals surface area contributed by atoms with Crippen LogP contribution in [0.25, 0.3) is 6.08 Å². The van der Waals surface area contributed by atoms with Gasteiger partial charge in [0.05, 0.1) is 15.6 Å². The average molecular weight is 496 g/mol. The molecule has 1 aromatic carbocycles. The summed E-state index contributed by atoms with van der Waals surface area (Å²) in [6, 6.07) is 6.02.